The molecule has 0 aromatic heterocycles. The summed E-state index contributed by atoms with van der Waals surface area (Å²) in [6, 6.07) is 9.37. The third-order valence-corrected chi connectivity index (χ3v) is 3.66. The molecule has 0 radical (unpaired) electrons. The van der Waals surface area contributed by atoms with Crippen LogP contribution in [0.5, 0.6) is 0 Å². The molecule has 1 unspecified atom stereocenters. The molecule has 0 fully saturated rings. The number of halogens is 3. The molecule has 0 aliphatic carbocycles. The minimum absolute atomic E-state index is 0.290. The van der Waals surface area contributed by atoms with Crippen LogP contribution in [0.1, 0.15) is 22.7 Å². The molecule has 0 aliphatic rings. The lowest BCUT2D eigenvalue weighted by Gasteiger charge is -2.21. The van der Waals surface area contributed by atoms with E-state index in [1.165, 1.54) is 12.1 Å². The van der Waals surface area contributed by atoms with Gasteiger partial charge in [0.2, 0.25) is 0 Å². The summed E-state index contributed by atoms with van der Waals surface area (Å²) in [4.78, 5) is 0. The molecule has 0 spiro atoms. The lowest BCUT2D eigenvalue weighted by atomic mass is 9.95. The van der Waals surface area contributed by atoms with Crippen molar-refractivity contribution in [1.82, 2.24) is 5.43 Å². The Labute approximate surface area is 121 Å². The van der Waals surface area contributed by atoms with Gasteiger partial charge in [-0.15, -0.1) is 0 Å². The molecule has 3 N–H and O–H groups in total. The molecule has 100 valence electrons. The number of nitrogens with one attached hydrogen (secondary N) is 1. The van der Waals surface area contributed by atoms with Crippen molar-refractivity contribution in [2.45, 2.75) is 13.0 Å². The van der Waals surface area contributed by atoms with Gasteiger partial charge in [-0.3, -0.25) is 5.84 Å². The molecule has 1 atom stereocenters. The van der Waals surface area contributed by atoms with Gasteiger partial charge in [-0.2, -0.15) is 0 Å². The van der Waals surface area contributed by atoms with E-state index in [0.29, 0.717) is 15.6 Å². The molecule has 0 saturated heterocycles. The minimum Gasteiger partial charge on any atom is -0.271 e. The van der Waals surface area contributed by atoms with Crippen molar-refractivity contribution >= 4 is 23.2 Å². The largest absolute Gasteiger partial charge is 0.271 e. The third-order valence-electron chi connectivity index (χ3n) is 3.00. The summed E-state index contributed by atoms with van der Waals surface area (Å²) in [6.07, 6.45) is 0. The Morgan fingerprint density at radius 2 is 1.79 bits per heavy atom. The molecule has 0 heterocycles. The molecule has 2 aromatic rings. The number of nitrogens with two attached hydrogens (primary N) is 1. The predicted octanol–water partition coefficient (Wildman–Crippen LogP) is 3.99. The van der Waals surface area contributed by atoms with E-state index >= 15 is 0 Å². The first-order chi connectivity index (χ1) is 9.04. The van der Waals surface area contributed by atoms with Crippen LogP contribution in [0.4, 0.5) is 4.39 Å². The van der Waals surface area contributed by atoms with Gasteiger partial charge < -0.3 is 0 Å². The van der Waals surface area contributed by atoms with Crippen LogP contribution in [0.3, 0.4) is 0 Å². The van der Waals surface area contributed by atoms with Crippen molar-refractivity contribution in [3.05, 3.63) is 69.0 Å². The van der Waals surface area contributed by atoms with Crippen molar-refractivity contribution in [3.63, 3.8) is 0 Å². The average molecular weight is 299 g/mol. The Bertz CT molecular complexity index is 582. The van der Waals surface area contributed by atoms with Crippen LogP contribution < -0.4 is 11.3 Å². The maximum Gasteiger partial charge on any atom is 0.123 e. The lowest BCUT2D eigenvalue weighted by molar-refractivity contribution is 0.612. The molecule has 0 amide bonds. The van der Waals surface area contributed by atoms with Gasteiger partial charge >= 0.3 is 0 Å². The smallest absolute Gasteiger partial charge is 0.123 e. The van der Waals surface area contributed by atoms with Gasteiger partial charge in [0.1, 0.15) is 5.82 Å². The predicted molar refractivity (Wildman–Crippen MR) is 76.8 cm³/mol. The van der Waals surface area contributed by atoms with Gasteiger partial charge in [0.05, 0.1) is 6.04 Å². The second-order valence-corrected chi connectivity index (χ2v) is 5.05. The zero-order chi connectivity index (χ0) is 14.0. The second-order valence-electron chi connectivity index (χ2n) is 4.24. The van der Waals surface area contributed by atoms with Gasteiger partial charge in [0.15, 0.2) is 0 Å². The molecular weight excluding hydrogens is 286 g/mol. The van der Waals surface area contributed by atoms with Gasteiger partial charge in [0.25, 0.3) is 0 Å². The molecule has 2 rings (SSSR count). The average Bonchev–Trinajstić information content (AvgIpc) is 2.35. The fourth-order valence-electron chi connectivity index (χ4n) is 2.08. The van der Waals surface area contributed by atoms with Crippen LogP contribution in [0.25, 0.3) is 0 Å². The summed E-state index contributed by atoms with van der Waals surface area (Å²) in [5, 5.41) is 1.03. The molecule has 0 bridgehead atoms. The molecule has 2 aromatic carbocycles. The summed E-state index contributed by atoms with van der Waals surface area (Å²) in [5.74, 6) is 5.33. The molecule has 5 heteroatoms. The van der Waals surface area contributed by atoms with Crippen LogP contribution in [0.2, 0.25) is 10.0 Å². The summed E-state index contributed by atoms with van der Waals surface area (Å²) in [6.45, 7) is 1.81. The van der Waals surface area contributed by atoms with Crippen molar-refractivity contribution in [2.24, 2.45) is 5.84 Å². The quantitative estimate of drug-likeness (QED) is 0.664. The highest BCUT2D eigenvalue weighted by molar-refractivity contribution is 6.36. The van der Waals surface area contributed by atoms with E-state index in [4.69, 9.17) is 29.0 Å². The van der Waals surface area contributed by atoms with E-state index in [1.807, 2.05) is 6.92 Å². The van der Waals surface area contributed by atoms with Gasteiger partial charge in [-0.05, 0) is 42.3 Å². The number of hydrazine groups is 1. The molecule has 0 saturated carbocycles. The van der Waals surface area contributed by atoms with Gasteiger partial charge in [-0.25, -0.2) is 9.82 Å². The van der Waals surface area contributed by atoms with Crippen molar-refractivity contribution in [3.8, 4) is 0 Å². The van der Waals surface area contributed by atoms with E-state index < -0.39 is 0 Å². The second kappa shape index (κ2) is 5.88. The van der Waals surface area contributed by atoms with E-state index in [0.717, 1.165) is 11.1 Å². The zero-order valence-corrected chi connectivity index (χ0v) is 11.8. The molecular formula is C14H13Cl2FN2. The molecule has 0 aliphatic heterocycles. The Morgan fingerprint density at radius 3 is 2.32 bits per heavy atom. The Morgan fingerprint density at radius 1 is 1.16 bits per heavy atom. The number of benzene rings is 2. The first-order valence-electron chi connectivity index (χ1n) is 5.70. The van der Waals surface area contributed by atoms with E-state index in [2.05, 4.69) is 5.43 Å². The zero-order valence-electron chi connectivity index (χ0n) is 10.3. The highest BCUT2D eigenvalue weighted by Crippen LogP contribution is 2.34. The first kappa shape index (κ1) is 14.3. The normalized spacial score (nSPS) is 12.5. The molecule has 2 nitrogen and oxygen atoms in total. The topological polar surface area (TPSA) is 38.0 Å². The van der Waals surface area contributed by atoms with E-state index in [9.17, 15) is 4.39 Å². The maximum atomic E-state index is 13.2. The Balaban J connectivity index is 2.56. The summed E-state index contributed by atoms with van der Waals surface area (Å²) in [5.41, 5.74) is 4.98. The number of rotatable bonds is 3. The fourth-order valence-corrected chi connectivity index (χ4v) is 2.69. The third kappa shape index (κ3) is 2.90. The van der Waals surface area contributed by atoms with Gasteiger partial charge in [-0.1, -0.05) is 35.3 Å². The summed E-state index contributed by atoms with van der Waals surface area (Å²) >= 11 is 12.4. The number of hydrogen-bond acceptors (Lipinski definition) is 2. The Kier molecular flexibility index (Phi) is 4.42. The maximum absolute atomic E-state index is 13.2. The summed E-state index contributed by atoms with van der Waals surface area (Å²) in [7, 11) is 0. The highest BCUT2D eigenvalue weighted by atomic mass is 35.5. The van der Waals surface area contributed by atoms with Crippen molar-refractivity contribution in [1.29, 1.82) is 0 Å². The van der Waals surface area contributed by atoms with Gasteiger partial charge in [0, 0.05) is 15.6 Å². The van der Waals surface area contributed by atoms with Crippen LogP contribution >= 0.6 is 23.2 Å². The Hall–Kier alpha value is -1.13. The van der Waals surface area contributed by atoms with Crippen molar-refractivity contribution in [2.75, 3.05) is 0 Å². The van der Waals surface area contributed by atoms with E-state index in [1.54, 1.807) is 24.3 Å². The van der Waals surface area contributed by atoms with Crippen LogP contribution in [-0.4, -0.2) is 0 Å². The monoisotopic (exact) mass is 298 g/mol. The van der Waals surface area contributed by atoms with E-state index in [-0.39, 0.29) is 11.9 Å². The van der Waals surface area contributed by atoms with Crippen LogP contribution in [-0.2, 0) is 0 Å². The standard InChI is InChI=1S/C14H13Cl2FN2/c1-8-7-9(17)5-6-10(8)14(19-18)13-11(15)3-2-4-12(13)16/h2-7,14,19H,18H2,1H3. The van der Waals surface area contributed by atoms with Crippen molar-refractivity contribution < 1.29 is 4.39 Å². The number of hydrogen-bond donors (Lipinski definition) is 2. The summed E-state index contributed by atoms with van der Waals surface area (Å²) < 4.78 is 13.2. The first-order valence-corrected chi connectivity index (χ1v) is 6.46. The highest BCUT2D eigenvalue weighted by Gasteiger charge is 2.20. The molecule has 19 heavy (non-hydrogen) atoms. The SMILES string of the molecule is Cc1cc(F)ccc1C(NN)c1c(Cl)cccc1Cl. The lowest BCUT2D eigenvalue weighted by Crippen LogP contribution is -2.30. The fraction of sp³-hybridized carbons (Fsp3) is 0.143. The minimum atomic E-state index is -0.387. The van der Waals surface area contributed by atoms with Crippen LogP contribution in [0.15, 0.2) is 36.4 Å². The van der Waals surface area contributed by atoms with Crippen LogP contribution in [0, 0.1) is 12.7 Å². The number of aryl methyl sites for hydroxylation is 1.